The second-order valence-electron chi connectivity index (χ2n) is 20.2. The van der Waals surface area contributed by atoms with Crippen LogP contribution in [0.2, 0.25) is 0 Å². The lowest BCUT2D eigenvalue weighted by Crippen LogP contribution is -2.30. The van der Waals surface area contributed by atoms with Crippen molar-refractivity contribution in [1.82, 2.24) is 0 Å². The first-order chi connectivity index (χ1) is 35.0. The third-order valence-corrected chi connectivity index (χ3v) is 13.2. The number of ether oxygens (including phenoxy) is 3. The maximum absolute atomic E-state index is 12.9. The zero-order valence-corrected chi connectivity index (χ0v) is 47.0. The number of allylic oxidation sites excluding steroid dienone is 12. The Labute approximate surface area is 440 Å². The summed E-state index contributed by atoms with van der Waals surface area (Å²) in [5.74, 6) is -0.948. The van der Waals surface area contributed by atoms with E-state index in [0.717, 1.165) is 64.2 Å². The average molecular weight is 992 g/mol. The fourth-order valence-corrected chi connectivity index (χ4v) is 8.54. The van der Waals surface area contributed by atoms with Crippen LogP contribution in [0.1, 0.15) is 303 Å². The van der Waals surface area contributed by atoms with Gasteiger partial charge in [0.1, 0.15) is 13.2 Å². The van der Waals surface area contributed by atoms with Crippen molar-refractivity contribution in [2.75, 3.05) is 13.2 Å². The molecule has 71 heavy (non-hydrogen) atoms. The zero-order valence-electron chi connectivity index (χ0n) is 47.0. The van der Waals surface area contributed by atoms with Crippen molar-refractivity contribution in [2.24, 2.45) is 0 Å². The summed E-state index contributed by atoms with van der Waals surface area (Å²) in [5.41, 5.74) is 0. The Morgan fingerprint density at radius 3 is 0.873 bits per heavy atom. The Kier molecular flexibility index (Phi) is 56.8. The van der Waals surface area contributed by atoms with Crippen LogP contribution in [0.4, 0.5) is 0 Å². The highest BCUT2D eigenvalue weighted by Crippen LogP contribution is 2.15. The fraction of sp³-hybridized carbons (Fsp3) is 0.769. The van der Waals surface area contributed by atoms with Gasteiger partial charge in [-0.3, -0.25) is 14.4 Å². The third kappa shape index (κ3) is 57.6. The van der Waals surface area contributed by atoms with Crippen LogP contribution in [0.15, 0.2) is 72.9 Å². The van der Waals surface area contributed by atoms with E-state index in [4.69, 9.17) is 14.2 Å². The van der Waals surface area contributed by atoms with Crippen molar-refractivity contribution in [3.05, 3.63) is 72.9 Å². The van der Waals surface area contributed by atoms with Crippen LogP contribution >= 0.6 is 0 Å². The van der Waals surface area contributed by atoms with Gasteiger partial charge in [-0.15, -0.1) is 0 Å². The first-order valence-corrected chi connectivity index (χ1v) is 30.4. The molecule has 0 amide bonds. The molecule has 0 aliphatic carbocycles. The van der Waals surface area contributed by atoms with Crippen LogP contribution in [0.3, 0.4) is 0 Å². The molecule has 0 unspecified atom stereocenters. The highest BCUT2D eigenvalue weighted by Gasteiger charge is 2.19. The first-order valence-electron chi connectivity index (χ1n) is 30.4. The summed E-state index contributed by atoms with van der Waals surface area (Å²) in [6, 6.07) is 0. The number of hydrogen-bond acceptors (Lipinski definition) is 6. The predicted octanol–water partition coefficient (Wildman–Crippen LogP) is 20.5. The van der Waals surface area contributed by atoms with Crippen molar-refractivity contribution >= 4 is 17.9 Å². The molecule has 0 saturated heterocycles. The van der Waals surface area contributed by atoms with E-state index in [1.807, 2.05) is 0 Å². The van der Waals surface area contributed by atoms with Crippen LogP contribution in [0.5, 0.6) is 0 Å². The summed E-state index contributed by atoms with van der Waals surface area (Å²) in [6.45, 7) is 6.58. The number of unbranched alkanes of at least 4 members (excludes halogenated alkanes) is 32. The van der Waals surface area contributed by atoms with E-state index in [-0.39, 0.29) is 37.5 Å². The summed E-state index contributed by atoms with van der Waals surface area (Å²) in [5, 5.41) is 0. The molecule has 0 aromatic rings. The van der Waals surface area contributed by atoms with Crippen LogP contribution < -0.4 is 0 Å². The summed E-state index contributed by atoms with van der Waals surface area (Å²) in [6.07, 6.45) is 76.1. The van der Waals surface area contributed by atoms with Crippen LogP contribution in [-0.4, -0.2) is 37.2 Å². The minimum Gasteiger partial charge on any atom is -0.462 e. The second kappa shape index (κ2) is 59.4. The Bertz CT molecular complexity index is 1320. The number of carbonyl (C=O) groups is 3. The molecule has 0 N–H and O–H groups in total. The van der Waals surface area contributed by atoms with Crippen molar-refractivity contribution in [3.63, 3.8) is 0 Å². The van der Waals surface area contributed by atoms with E-state index in [1.54, 1.807) is 0 Å². The summed E-state index contributed by atoms with van der Waals surface area (Å²) in [4.78, 5) is 38.2. The zero-order chi connectivity index (χ0) is 51.4. The lowest BCUT2D eigenvalue weighted by molar-refractivity contribution is -0.167. The van der Waals surface area contributed by atoms with Gasteiger partial charge in [-0.05, 0) is 109 Å². The molecule has 0 spiro atoms. The van der Waals surface area contributed by atoms with Gasteiger partial charge in [0.15, 0.2) is 6.10 Å². The minimum atomic E-state index is -0.806. The Balaban J connectivity index is 4.44. The van der Waals surface area contributed by atoms with Gasteiger partial charge in [-0.2, -0.15) is 0 Å². The van der Waals surface area contributed by atoms with E-state index in [9.17, 15) is 14.4 Å². The average Bonchev–Trinajstić information content (AvgIpc) is 3.37. The van der Waals surface area contributed by atoms with Crippen LogP contribution in [0.25, 0.3) is 0 Å². The third-order valence-electron chi connectivity index (χ3n) is 13.2. The molecule has 0 heterocycles. The largest absolute Gasteiger partial charge is 0.462 e. The molecule has 0 aromatic carbocycles. The van der Waals surface area contributed by atoms with Gasteiger partial charge in [-0.1, -0.05) is 248 Å². The summed E-state index contributed by atoms with van der Waals surface area (Å²) >= 11 is 0. The van der Waals surface area contributed by atoms with Gasteiger partial charge in [-0.25, -0.2) is 0 Å². The quantitative estimate of drug-likeness (QED) is 0.0261. The molecule has 410 valence electrons. The molecule has 0 bridgehead atoms. The Hall–Kier alpha value is -3.15. The number of carbonyl (C=O) groups excluding carboxylic acids is 3. The molecule has 0 saturated carbocycles. The van der Waals surface area contributed by atoms with Crippen molar-refractivity contribution in [3.8, 4) is 0 Å². The van der Waals surface area contributed by atoms with E-state index >= 15 is 0 Å². The smallest absolute Gasteiger partial charge is 0.306 e. The molecule has 0 fully saturated rings. The van der Waals surface area contributed by atoms with E-state index in [1.165, 1.54) is 193 Å². The van der Waals surface area contributed by atoms with E-state index in [0.29, 0.717) is 19.3 Å². The molecule has 0 aliphatic heterocycles. The predicted molar refractivity (Wildman–Crippen MR) is 307 cm³/mol. The maximum Gasteiger partial charge on any atom is 0.306 e. The lowest BCUT2D eigenvalue weighted by atomic mass is 10.1. The normalized spacial score (nSPS) is 12.5. The molecule has 0 rings (SSSR count). The molecule has 0 radical (unpaired) electrons. The second-order valence-corrected chi connectivity index (χ2v) is 20.2. The number of esters is 3. The highest BCUT2D eigenvalue weighted by molar-refractivity contribution is 5.71. The fourth-order valence-electron chi connectivity index (χ4n) is 8.54. The van der Waals surface area contributed by atoms with Crippen molar-refractivity contribution in [2.45, 2.75) is 309 Å². The van der Waals surface area contributed by atoms with Crippen molar-refractivity contribution < 1.29 is 28.6 Å². The summed E-state index contributed by atoms with van der Waals surface area (Å²) in [7, 11) is 0. The summed E-state index contributed by atoms with van der Waals surface area (Å²) < 4.78 is 16.9. The van der Waals surface area contributed by atoms with Crippen LogP contribution in [0, 0.1) is 0 Å². The molecule has 1 atom stereocenters. The van der Waals surface area contributed by atoms with Gasteiger partial charge in [0.05, 0.1) is 0 Å². The van der Waals surface area contributed by atoms with Crippen LogP contribution in [-0.2, 0) is 28.6 Å². The van der Waals surface area contributed by atoms with E-state index in [2.05, 4.69) is 93.7 Å². The number of rotatable bonds is 55. The van der Waals surface area contributed by atoms with Gasteiger partial charge < -0.3 is 14.2 Å². The van der Waals surface area contributed by atoms with Gasteiger partial charge in [0, 0.05) is 19.3 Å². The Morgan fingerprint density at radius 2 is 0.521 bits per heavy atom. The first kappa shape index (κ1) is 67.8. The minimum absolute atomic E-state index is 0.0979. The Morgan fingerprint density at radius 1 is 0.282 bits per heavy atom. The molecule has 0 aromatic heterocycles. The monoisotopic (exact) mass is 991 g/mol. The molecule has 6 heteroatoms. The van der Waals surface area contributed by atoms with Crippen molar-refractivity contribution in [1.29, 1.82) is 0 Å². The van der Waals surface area contributed by atoms with Gasteiger partial charge >= 0.3 is 17.9 Å². The van der Waals surface area contributed by atoms with Gasteiger partial charge in [0.25, 0.3) is 0 Å². The maximum atomic E-state index is 12.9. The molecule has 0 aliphatic rings. The lowest BCUT2D eigenvalue weighted by Gasteiger charge is -2.18. The standard InChI is InChI=1S/C65H114O6/c1-4-7-10-13-16-19-22-25-28-31-32-35-37-40-43-46-49-52-55-58-64(67)70-61-62(71-65(68)59-56-53-50-47-44-41-38-34-30-27-24-21-18-15-12-9-6-3)60-69-63(66)57-54-51-48-45-42-39-36-33-29-26-23-20-17-14-11-8-5-2/h16,19,25-30,38,41,47,50,62H,4-15,17-18,20-24,31-37,39-40,42-46,48-49,51-61H2,1-3H3/b19-16-,28-25-,29-26-,30-27-,41-38-,50-47-/t62-/m0/s1. The molecular formula is C65H114O6. The number of hydrogen-bond donors (Lipinski definition) is 0. The molecule has 6 nitrogen and oxygen atoms in total. The highest BCUT2D eigenvalue weighted by atomic mass is 16.6. The van der Waals surface area contributed by atoms with E-state index < -0.39 is 6.10 Å². The SMILES string of the molecule is CCCCC/C=C\C/C=C\CCCCCCCCCCCC(=O)OC[C@H](COC(=O)CCCCCCCCC/C=C\CCCCCCCC)OC(=O)CCC/C=C\C/C=C\C/C=C\CCCCCCCC. The topological polar surface area (TPSA) is 78.9 Å². The molecular weight excluding hydrogens is 877 g/mol. The van der Waals surface area contributed by atoms with Gasteiger partial charge in [0.2, 0.25) is 0 Å².